The van der Waals surface area contributed by atoms with Crippen LogP contribution in [-0.4, -0.2) is 48.5 Å². The van der Waals surface area contributed by atoms with Crippen LogP contribution in [0.3, 0.4) is 0 Å². The zero-order valence-electron chi connectivity index (χ0n) is 18.7. The number of nitrogens with zero attached hydrogens (tertiary/aromatic N) is 6. The average Bonchev–Trinajstić information content (AvgIpc) is 3.42. The fourth-order valence-electron chi connectivity index (χ4n) is 4.05. The van der Waals surface area contributed by atoms with Gasteiger partial charge in [0.05, 0.1) is 29.8 Å². The highest BCUT2D eigenvalue weighted by Gasteiger charge is 2.24. The van der Waals surface area contributed by atoms with Crippen LogP contribution in [0.2, 0.25) is 0 Å². The summed E-state index contributed by atoms with van der Waals surface area (Å²) in [6, 6.07) is 11.0. The molecule has 1 saturated carbocycles. The number of hydrogen-bond donors (Lipinski definition) is 2. The largest absolute Gasteiger partial charge is 0.366 e. The highest BCUT2D eigenvalue weighted by Crippen LogP contribution is 2.35. The van der Waals surface area contributed by atoms with E-state index in [2.05, 4.69) is 26.9 Å². The van der Waals surface area contributed by atoms with Crippen LogP contribution in [0.5, 0.6) is 0 Å². The van der Waals surface area contributed by atoms with Gasteiger partial charge in [-0.3, -0.25) is 4.68 Å². The molecule has 1 atom stereocenters. The van der Waals surface area contributed by atoms with E-state index in [0.29, 0.717) is 12.1 Å². The van der Waals surface area contributed by atoms with Crippen molar-refractivity contribution in [1.29, 1.82) is 0 Å². The van der Waals surface area contributed by atoms with E-state index in [4.69, 9.17) is 10.1 Å². The van der Waals surface area contributed by atoms with Crippen LogP contribution < -0.4 is 10.6 Å². The molecule has 6 rings (SSSR count). The second kappa shape index (κ2) is 9.08. The van der Waals surface area contributed by atoms with Gasteiger partial charge in [0.15, 0.2) is 5.65 Å². The van der Waals surface area contributed by atoms with Crippen LogP contribution in [0, 0.1) is 0 Å². The van der Waals surface area contributed by atoms with E-state index < -0.39 is 0 Å². The van der Waals surface area contributed by atoms with Crippen LogP contribution >= 0.6 is 0 Å². The zero-order valence-corrected chi connectivity index (χ0v) is 18.7. The first-order chi connectivity index (χ1) is 15.8. The highest BCUT2D eigenvalue weighted by atomic mass is 15.3. The predicted octanol–water partition coefficient (Wildman–Crippen LogP) is 4.18. The fourth-order valence-corrected chi connectivity index (χ4v) is 4.05. The molecule has 0 spiro atoms. The number of rotatable bonds is 5. The van der Waals surface area contributed by atoms with Crippen molar-refractivity contribution in [3.63, 3.8) is 0 Å². The molecule has 0 radical (unpaired) electrons. The Balaban J connectivity index is 0.00000105. The number of anilines is 1. The topological polar surface area (TPSA) is 85.0 Å². The van der Waals surface area contributed by atoms with E-state index in [0.717, 1.165) is 53.6 Å². The smallest absolute Gasteiger partial charge is 0.154 e. The van der Waals surface area contributed by atoms with Crippen molar-refractivity contribution in [3.8, 4) is 22.6 Å². The van der Waals surface area contributed by atoms with Gasteiger partial charge < -0.3 is 10.6 Å². The Morgan fingerprint density at radius 3 is 2.75 bits per heavy atom. The molecule has 8 nitrogen and oxygen atoms in total. The van der Waals surface area contributed by atoms with E-state index in [-0.39, 0.29) is 0 Å². The van der Waals surface area contributed by atoms with Gasteiger partial charge in [-0.15, -0.1) is 0 Å². The quantitative estimate of drug-likeness (QED) is 0.494. The van der Waals surface area contributed by atoms with Crippen LogP contribution in [0.4, 0.5) is 5.82 Å². The molecular formula is C24H30N8. The maximum Gasteiger partial charge on any atom is 0.154 e. The molecule has 0 amide bonds. The first kappa shape index (κ1) is 20.6. The van der Waals surface area contributed by atoms with Gasteiger partial charge in [-0.05, 0) is 56.5 Å². The molecule has 2 fully saturated rings. The van der Waals surface area contributed by atoms with Gasteiger partial charge in [-0.2, -0.15) is 10.2 Å². The molecule has 4 aromatic rings. The highest BCUT2D eigenvalue weighted by molar-refractivity contribution is 5.64. The molecule has 1 unspecified atom stereocenters. The van der Waals surface area contributed by atoms with Gasteiger partial charge >= 0.3 is 0 Å². The molecule has 4 aromatic heterocycles. The Kier molecular flexibility index (Phi) is 5.85. The Labute approximate surface area is 188 Å². The number of pyridine rings is 1. The summed E-state index contributed by atoms with van der Waals surface area (Å²) in [7, 11) is 0. The van der Waals surface area contributed by atoms with Crippen molar-refractivity contribution in [2.24, 2.45) is 0 Å². The van der Waals surface area contributed by atoms with Crippen molar-refractivity contribution in [3.05, 3.63) is 48.9 Å². The third-order valence-electron chi connectivity index (χ3n) is 5.84. The second-order valence-corrected chi connectivity index (χ2v) is 8.17. The number of hydrogen-bond acceptors (Lipinski definition) is 6. The number of imidazole rings is 1. The summed E-state index contributed by atoms with van der Waals surface area (Å²) in [5.74, 6) is 0.887. The molecule has 2 N–H and O–H groups in total. The van der Waals surface area contributed by atoms with Gasteiger partial charge in [-0.1, -0.05) is 19.9 Å². The van der Waals surface area contributed by atoms with E-state index in [1.165, 1.54) is 19.3 Å². The molecule has 2 aliphatic rings. The molecule has 1 saturated heterocycles. The molecule has 0 bridgehead atoms. The van der Waals surface area contributed by atoms with Gasteiger partial charge in [0.25, 0.3) is 0 Å². The molecule has 166 valence electrons. The number of piperidine rings is 1. The lowest BCUT2D eigenvalue weighted by molar-refractivity contribution is 0.479. The summed E-state index contributed by atoms with van der Waals surface area (Å²) in [4.78, 5) is 9.37. The van der Waals surface area contributed by atoms with E-state index in [9.17, 15) is 0 Å². The molecule has 1 aliphatic carbocycles. The van der Waals surface area contributed by atoms with Gasteiger partial charge in [0, 0.05) is 24.3 Å². The minimum atomic E-state index is 0.413. The number of fused-ring (bicyclic) bond motifs is 1. The summed E-state index contributed by atoms with van der Waals surface area (Å²) in [5, 5.41) is 16.3. The van der Waals surface area contributed by atoms with Crippen molar-refractivity contribution in [2.75, 3.05) is 18.4 Å². The number of nitrogens with one attached hydrogen (secondary N) is 2. The summed E-state index contributed by atoms with van der Waals surface area (Å²) < 4.78 is 3.92. The van der Waals surface area contributed by atoms with Crippen LogP contribution in [0.1, 0.15) is 45.6 Å². The Morgan fingerprint density at radius 2 is 1.94 bits per heavy atom. The number of aromatic nitrogens is 6. The first-order valence-electron chi connectivity index (χ1n) is 11.7. The Bertz CT molecular complexity index is 1180. The second-order valence-electron chi connectivity index (χ2n) is 8.17. The Hall–Kier alpha value is -3.26. The third-order valence-corrected chi connectivity index (χ3v) is 5.84. The van der Waals surface area contributed by atoms with Gasteiger partial charge in [0.2, 0.25) is 0 Å². The summed E-state index contributed by atoms with van der Waals surface area (Å²) >= 11 is 0. The van der Waals surface area contributed by atoms with Crippen molar-refractivity contribution < 1.29 is 0 Å². The average molecular weight is 431 g/mol. The minimum Gasteiger partial charge on any atom is -0.366 e. The van der Waals surface area contributed by atoms with Crippen LogP contribution in [0.15, 0.2) is 48.9 Å². The molecule has 0 aromatic carbocycles. The lowest BCUT2D eigenvalue weighted by Gasteiger charge is -2.24. The van der Waals surface area contributed by atoms with Gasteiger partial charge in [0.1, 0.15) is 11.5 Å². The monoisotopic (exact) mass is 430 g/mol. The fraction of sp³-hybridized carbons (Fsp3) is 0.417. The molecule has 5 heterocycles. The van der Waals surface area contributed by atoms with E-state index in [1.54, 1.807) is 0 Å². The SMILES string of the molecule is CC.c1cc(NC2CCCNC2)nc(-c2cnc3ccc(-c4cnn(C5CC5)c4)nn23)c1. The maximum atomic E-state index is 4.85. The van der Waals surface area contributed by atoms with E-state index in [1.807, 2.05) is 65.8 Å². The van der Waals surface area contributed by atoms with Crippen LogP contribution in [0.25, 0.3) is 28.3 Å². The normalized spacial score (nSPS) is 18.2. The minimum absolute atomic E-state index is 0.413. The summed E-state index contributed by atoms with van der Waals surface area (Å²) in [6.07, 6.45) is 10.6. The van der Waals surface area contributed by atoms with Crippen LogP contribution in [-0.2, 0) is 0 Å². The first-order valence-corrected chi connectivity index (χ1v) is 11.7. The predicted molar refractivity (Wildman–Crippen MR) is 127 cm³/mol. The molecule has 32 heavy (non-hydrogen) atoms. The summed E-state index contributed by atoms with van der Waals surface area (Å²) in [5.41, 5.74) is 4.45. The summed E-state index contributed by atoms with van der Waals surface area (Å²) in [6.45, 7) is 6.07. The third kappa shape index (κ3) is 4.23. The van der Waals surface area contributed by atoms with Crippen molar-refractivity contribution in [2.45, 2.75) is 51.6 Å². The zero-order chi connectivity index (χ0) is 21.9. The lowest BCUT2D eigenvalue weighted by atomic mass is 10.1. The van der Waals surface area contributed by atoms with Gasteiger partial charge in [-0.25, -0.2) is 14.5 Å². The van der Waals surface area contributed by atoms with Crippen molar-refractivity contribution in [1.82, 2.24) is 34.7 Å². The molecular weight excluding hydrogens is 400 g/mol. The van der Waals surface area contributed by atoms with Crippen molar-refractivity contribution >= 4 is 11.5 Å². The van der Waals surface area contributed by atoms with E-state index >= 15 is 0 Å². The standard InChI is InChI=1S/C22H24N8.C2H6/c1-4-19(27-21(5-1)26-16-3-2-10-23-12-16)20-13-24-22-9-8-18(28-30(20)22)15-11-25-29(14-15)17-6-7-17;1-2/h1,4-5,8-9,11,13-14,16-17,23H,2-3,6-7,10,12H2,(H,26,27);1-2H3. The molecule has 8 heteroatoms. The maximum absolute atomic E-state index is 4.85. The lowest BCUT2D eigenvalue weighted by Crippen LogP contribution is -2.38. The molecule has 1 aliphatic heterocycles. The Morgan fingerprint density at radius 1 is 1.03 bits per heavy atom.